The van der Waals surface area contributed by atoms with Gasteiger partial charge in [0.25, 0.3) is 0 Å². The van der Waals surface area contributed by atoms with E-state index in [-0.39, 0.29) is 17.9 Å². The maximum Gasteiger partial charge on any atom is 0.237 e. The first-order chi connectivity index (χ1) is 7.82. The van der Waals surface area contributed by atoms with Crippen molar-refractivity contribution in [2.24, 2.45) is 5.73 Å². The number of hydrogen-bond donors (Lipinski definition) is 2. The third-order valence-corrected chi connectivity index (χ3v) is 2.48. The fourth-order valence-corrected chi connectivity index (χ4v) is 1.63. The van der Waals surface area contributed by atoms with Crippen molar-refractivity contribution in [3.05, 3.63) is 11.0 Å². The Kier molecular flexibility index (Phi) is 4.11. The number of primary amides is 1. The number of anilines is 2. The molecule has 1 amide bonds. The van der Waals surface area contributed by atoms with Gasteiger partial charge in [-0.1, -0.05) is 0 Å². The third-order valence-electron chi connectivity index (χ3n) is 2.31. The molecule has 94 valence electrons. The van der Waals surface area contributed by atoms with Crippen molar-refractivity contribution in [1.29, 1.82) is 0 Å². The lowest BCUT2D eigenvalue weighted by Gasteiger charge is -2.27. The van der Waals surface area contributed by atoms with Crippen molar-refractivity contribution in [2.45, 2.75) is 26.8 Å². The number of aryl methyl sites for hydroxylation is 1. The van der Waals surface area contributed by atoms with Gasteiger partial charge in [0.15, 0.2) is 5.82 Å². The maximum absolute atomic E-state index is 11.0. The monoisotopic (exact) mass is 257 g/mol. The molecule has 0 aliphatic rings. The SMILES string of the molecule is Cc1nc(Cl)nc(N(CC(N)=O)C(C)C)c1N. The van der Waals surface area contributed by atoms with Crippen LogP contribution in [0.5, 0.6) is 0 Å². The molecule has 0 aromatic carbocycles. The van der Waals surface area contributed by atoms with Crippen LogP contribution >= 0.6 is 11.6 Å². The van der Waals surface area contributed by atoms with Crippen LogP contribution in [-0.2, 0) is 4.79 Å². The molecule has 0 unspecified atom stereocenters. The first kappa shape index (κ1) is 13.5. The van der Waals surface area contributed by atoms with E-state index in [0.29, 0.717) is 17.2 Å². The summed E-state index contributed by atoms with van der Waals surface area (Å²) in [6, 6.07) is 0.0233. The molecule has 4 N–H and O–H groups in total. The number of aromatic nitrogens is 2. The normalized spacial score (nSPS) is 10.6. The Morgan fingerprint density at radius 2 is 2.06 bits per heavy atom. The molecule has 0 spiro atoms. The number of nitrogen functional groups attached to an aromatic ring is 1. The van der Waals surface area contributed by atoms with Crippen LogP contribution in [0.4, 0.5) is 11.5 Å². The summed E-state index contributed by atoms with van der Waals surface area (Å²) >= 11 is 5.79. The smallest absolute Gasteiger partial charge is 0.237 e. The predicted molar refractivity (Wildman–Crippen MR) is 67.9 cm³/mol. The number of amides is 1. The molecule has 0 atom stereocenters. The van der Waals surface area contributed by atoms with Gasteiger partial charge in [-0.3, -0.25) is 4.79 Å². The molecule has 1 aromatic heterocycles. The van der Waals surface area contributed by atoms with Crippen molar-refractivity contribution < 1.29 is 4.79 Å². The number of halogens is 1. The Balaban J connectivity index is 3.22. The Morgan fingerprint density at radius 3 is 2.53 bits per heavy atom. The van der Waals surface area contributed by atoms with E-state index in [4.69, 9.17) is 23.1 Å². The molecule has 0 bridgehead atoms. The number of carbonyl (C=O) groups is 1. The zero-order chi connectivity index (χ0) is 13.2. The average Bonchev–Trinajstić information content (AvgIpc) is 2.19. The Hall–Kier alpha value is -1.56. The summed E-state index contributed by atoms with van der Waals surface area (Å²) in [5.74, 6) is -0.0122. The third kappa shape index (κ3) is 3.20. The quantitative estimate of drug-likeness (QED) is 0.775. The topological polar surface area (TPSA) is 98.1 Å². The first-order valence-corrected chi connectivity index (χ1v) is 5.55. The molecule has 0 saturated heterocycles. The van der Waals surface area contributed by atoms with Crippen molar-refractivity contribution in [1.82, 2.24) is 9.97 Å². The van der Waals surface area contributed by atoms with Crippen LogP contribution in [0, 0.1) is 6.92 Å². The molecule has 0 aliphatic carbocycles. The van der Waals surface area contributed by atoms with Crippen molar-refractivity contribution in [2.75, 3.05) is 17.2 Å². The summed E-state index contributed by atoms with van der Waals surface area (Å²) in [6.07, 6.45) is 0. The second-order valence-electron chi connectivity index (χ2n) is 4.00. The molecular formula is C10H16ClN5O. The van der Waals surface area contributed by atoms with E-state index in [2.05, 4.69) is 9.97 Å². The number of hydrogen-bond acceptors (Lipinski definition) is 5. The standard InChI is InChI=1S/C10H16ClN5O/c1-5(2)16(4-7(12)17)9-8(13)6(3)14-10(11)15-9/h5H,4,13H2,1-3H3,(H2,12,17). The molecule has 17 heavy (non-hydrogen) atoms. The maximum atomic E-state index is 11.0. The van der Waals surface area contributed by atoms with Crippen LogP contribution in [0.2, 0.25) is 5.28 Å². The second-order valence-corrected chi connectivity index (χ2v) is 4.34. The van der Waals surface area contributed by atoms with Crippen molar-refractivity contribution >= 4 is 29.0 Å². The van der Waals surface area contributed by atoms with E-state index in [1.54, 1.807) is 11.8 Å². The summed E-state index contributed by atoms with van der Waals surface area (Å²) < 4.78 is 0. The fourth-order valence-electron chi connectivity index (χ4n) is 1.42. The van der Waals surface area contributed by atoms with Gasteiger partial charge < -0.3 is 16.4 Å². The fraction of sp³-hybridized carbons (Fsp3) is 0.500. The zero-order valence-corrected chi connectivity index (χ0v) is 10.8. The van der Waals surface area contributed by atoms with Gasteiger partial charge in [-0.15, -0.1) is 0 Å². The van der Waals surface area contributed by atoms with E-state index in [1.807, 2.05) is 13.8 Å². The highest BCUT2D eigenvalue weighted by molar-refractivity contribution is 6.28. The summed E-state index contributed by atoms with van der Waals surface area (Å²) in [4.78, 5) is 20.7. The minimum atomic E-state index is -0.453. The molecule has 0 radical (unpaired) electrons. The zero-order valence-electron chi connectivity index (χ0n) is 10.1. The number of carbonyl (C=O) groups excluding carboxylic acids is 1. The molecule has 7 heteroatoms. The highest BCUT2D eigenvalue weighted by Crippen LogP contribution is 2.25. The lowest BCUT2D eigenvalue weighted by Crippen LogP contribution is -2.39. The van der Waals surface area contributed by atoms with Crippen molar-refractivity contribution in [3.63, 3.8) is 0 Å². The van der Waals surface area contributed by atoms with Gasteiger partial charge in [0.05, 0.1) is 17.9 Å². The molecule has 1 heterocycles. The second kappa shape index (κ2) is 5.18. The highest BCUT2D eigenvalue weighted by Gasteiger charge is 2.19. The van der Waals surface area contributed by atoms with Gasteiger partial charge in [-0.2, -0.15) is 4.98 Å². The molecule has 0 fully saturated rings. The van der Waals surface area contributed by atoms with Crippen LogP contribution in [0.3, 0.4) is 0 Å². The summed E-state index contributed by atoms with van der Waals surface area (Å²) in [5.41, 5.74) is 12.1. The molecule has 1 rings (SSSR count). The van der Waals surface area contributed by atoms with Gasteiger partial charge in [0.1, 0.15) is 0 Å². The Morgan fingerprint density at radius 1 is 1.47 bits per heavy atom. The van der Waals surface area contributed by atoms with Crippen molar-refractivity contribution in [3.8, 4) is 0 Å². The lowest BCUT2D eigenvalue weighted by molar-refractivity contribution is -0.116. The van der Waals surface area contributed by atoms with Gasteiger partial charge >= 0.3 is 0 Å². The van der Waals surface area contributed by atoms with Gasteiger partial charge in [0.2, 0.25) is 11.2 Å². The lowest BCUT2D eigenvalue weighted by atomic mass is 10.2. The Bertz CT molecular complexity index is 435. The molecule has 0 aliphatic heterocycles. The van der Waals surface area contributed by atoms with Gasteiger partial charge in [0, 0.05) is 6.04 Å². The number of nitrogens with zero attached hydrogens (tertiary/aromatic N) is 3. The minimum Gasteiger partial charge on any atom is -0.394 e. The van der Waals surface area contributed by atoms with E-state index in [0.717, 1.165) is 0 Å². The molecule has 1 aromatic rings. The molecular weight excluding hydrogens is 242 g/mol. The number of rotatable bonds is 4. The highest BCUT2D eigenvalue weighted by atomic mass is 35.5. The van der Waals surface area contributed by atoms with E-state index < -0.39 is 5.91 Å². The van der Waals surface area contributed by atoms with Gasteiger partial charge in [-0.25, -0.2) is 4.98 Å². The van der Waals surface area contributed by atoms with Crippen LogP contribution in [-0.4, -0.2) is 28.5 Å². The van der Waals surface area contributed by atoms with E-state index in [1.165, 1.54) is 0 Å². The van der Waals surface area contributed by atoms with Crippen LogP contribution in [0.25, 0.3) is 0 Å². The largest absolute Gasteiger partial charge is 0.394 e. The van der Waals surface area contributed by atoms with Crippen LogP contribution in [0.15, 0.2) is 0 Å². The predicted octanol–water partition coefficient (Wildman–Crippen LogP) is 0.721. The van der Waals surface area contributed by atoms with Gasteiger partial charge in [-0.05, 0) is 32.4 Å². The molecule has 6 nitrogen and oxygen atoms in total. The first-order valence-electron chi connectivity index (χ1n) is 5.17. The van der Waals surface area contributed by atoms with Crippen LogP contribution in [0.1, 0.15) is 19.5 Å². The summed E-state index contributed by atoms with van der Waals surface area (Å²) in [7, 11) is 0. The minimum absolute atomic E-state index is 0.0233. The Labute approximate surface area is 105 Å². The molecule has 0 saturated carbocycles. The average molecular weight is 258 g/mol. The van der Waals surface area contributed by atoms with Crippen LogP contribution < -0.4 is 16.4 Å². The summed E-state index contributed by atoms with van der Waals surface area (Å²) in [6.45, 7) is 5.59. The van der Waals surface area contributed by atoms with E-state index >= 15 is 0 Å². The summed E-state index contributed by atoms with van der Waals surface area (Å²) in [5, 5.41) is 0.0989. The van der Waals surface area contributed by atoms with E-state index in [9.17, 15) is 4.79 Å². The number of nitrogens with two attached hydrogens (primary N) is 2.